The fraction of sp³-hybridized carbons (Fsp3) is 0.231. The summed E-state index contributed by atoms with van der Waals surface area (Å²) in [6.45, 7) is 3.66. The summed E-state index contributed by atoms with van der Waals surface area (Å²) in [4.78, 5) is 43.5. The van der Waals surface area contributed by atoms with Crippen LogP contribution in [0, 0.1) is 13.8 Å². The Labute approximate surface area is 200 Å². The Kier molecular flexibility index (Phi) is 5.83. The Morgan fingerprint density at radius 2 is 1.76 bits per heavy atom. The molecule has 0 radical (unpaired) electrons. The molecule has 0 aliphatic heterocycles. The lowest BCUT2D eigenvalue weighted by molar-refractivity contribution is 0.0999. The first-order valence-electron chi connectivity index (χ1n) is 11.2. The zero-order valence-corrected chi connectivity index (χ0v) is 19.8. The summed E-state index contributed by atoms with van der Waals surface area (Å²) in [6, 6.07) is 18.2. The second-order valence-corrected chi connectivity index (χ2v) is 9.40. The van der Waals surface area contributed by atoms with Gasteiger partial charge in [-0.1, -0.05) is 42.1 Å². The molecule has 2 aromatic heterocycles. The predicted molar refractivity (Wildman–Crippen MR) is 133 cm³/mol. The summed E-state index contributed by atoms with van der Waals surface area (Å²) in [5, 5.41) is 1.17. The summed E-state index contributed by atoms with van der Waals surface area (Å²) >= 11 is 1.29. The van der Waals surface area contributed by atoms with Gasteiger partial charge >= 0.3 is 0 Å². The van der Waals surface area contributed by atoms with Gasteiger partial charge in [-0.2, -0.15) is 0 Å². The maximum atomic E-state index is 13.1. The summed E-state index contributed by atoms with van der Waals surface area (Å²) < 4.78 is 3.38. The van der Waals surface area contributed by atoms with Crippen LogP contribution >= 0.6 is 11.8 Å². The number of thioether (sulfide) groups is 1. The highest BCUT2D eigenvalue weighted by atomic mass is 32.2. The molecule has 2 aromatic carbocycles. The second kappa shape index (κ2) is 8.95. The van der Waals surface area contributed by atoms with E-state index in [1.54, 1.807) is 45.6 Å². The standard InChI is InChI=1S/C26H24N4O3S/c1-16-14-21(17(2)30(16)28-24(32)18-8-4-3-5-9-18)23(31)15-34-26-27-22-11-7-6-10-20(22)25(33)29(26)19-12-13-19/h3-11,14,19H,12-13,15H2,1-2H3,(H,28,32). The summed E-state index contributed by atoms with van der Waals surface area (Å²) in [5.41, 5.74) is 5.96. The molecule has 1 fully saturated rings. The number of nitrogens with one attached hydrogen (secondary N) is 1. The van der Waals surface area contributed by atoms with Gasteiger partial charge in [0.05, 0.1) is 16.7 Å². The van der Waals surface area contributed by atoms with E-state index in [4.69, 9.17) is 4.98 Å². The Bertz CT molecular complexity index is 1470. The number of nitrogens with zero attached hydrogens (tertiary/aromatic N) is 3. The summed E-state index contributed by atoms with van der Waals surface area (Å²) in [5.74, 6) is -0.179. The van der Waals surface area contributed by atoms with Crippen LogP contribution in [0.1, 0.15) is 51.0 Å². The lowest BCUT2D eigenvalue weighted by Crippen LogP contribution is -2.25. The minimum Gasteiger partial charge on any atom is -0.293 e. The summed E-state index contributed by atoms with van der Waals surface area (Å²) in [6.07, 6.45) is 1.90. The van der Waals surface area contributed by atoms with Crippen molar-refractivity contribution < 1.29 is 9.59 Å². The zero-order chi connectivity index (χ0) is 23.8. The number of carbonyl (C=O) groups excluding carboxylic acids is 2. The zero-order valence-electron chi connectivity index (χ0n) is 18.9. The van der Waals surface area contributed by atoms with Crippen molar-refractivity contribution in [1.29, 1.82) is 0 Å². The molecule has 34 heavy (non-hydrogen) atoms. The average molecular weight is 473 g/mol. The smallest absolute Gasteiger partial charge is 0.270 e. The third kappa shape index (κ3) is 4.17. The number of fused-ring (bicyclic) bond motifs is 1. The van der Waals surface area contributed by atoms with Gasteiger partial charge in [0.15, 0.2) is 10.9 Å². The first kappa shape index (κ1) is 22.2. The second-order valence-electron chi connectivity index (χ2n) is 8.46. The van der Waals surface area contributed by atoms with Crippen LogP contribution in [0.5, 0.6) is 0 Å². The molecular weight excluding hydrogens is 448 g/mol. The van der Waals surface area contributed by atoms with Crippen molar-refractivity contribution in [2.24, 2.45) is 0 Å². The van der Waals surface area contributed by atoms with Crippen LogP contribution in [-0.2, 0) is 0 Å². The van der Waals surface area contributed by atoms with E-state index >= 15 is 0 Å². The number of para-hydroxylation sites is 1. The van der Waals surface area contributed by atoms with Crippen molar-refractivity contribution in [3.63, 3.8) is 0 Å². The molecule has 0 atom stereocenters. The highest BCUT2D eigenvalue weighted by molar-refractivity contribution is 7.99. The van der Waals surface area contributed by atoms with Gasteiger partial charge in [0, 0.05) is 28.6 Å². The molecular formula is C26H24N4O3S. The van der Waals surface area contributed by atoms with E-state index in [2.05, 4.69) is 5.43 Å². The minimum atomic E-state index is -0.246. The molecule has 1 aliphatic rings. The van der Waals surface area contributed by atoms with E-state index < -0.39 is 0 Å². The molecule has 8 heteroatoms. The van der Waals surface area contributed by atoms with Crippen molar-refractivity contribution in [1.82, 2.24) is 14.2 Å². The third-order valence-electron chi connectivity index (χ3n) is 6.00. The van der Waals surface area contributed by atoms with Gasteiger partial charge in [-0.15, -0.1) is 0 Å². The average Bonchev–Trinajstić information content (AvgIpc) is 3.65. The van der Waals surface area contributed by atoms with Gasteiger partial charge < -0.3 is 0 Å². The lowest BCUT2D eigenvalue weighted by Gasteiger charge is -2.13. The van der Waals surface area contributed by atoms with Crippen LogP contribution in [0.15, 0.2) is 70.6 Å². The van der Waals surface area contributed by atoms with Crippen molar-refractivity contribution in [3.8, 4) is 0 Å². The van der Waals surface area contributed by atoms with Gasteiger partial charge in [0.25, 0.3) is 11.5 Å². The van der Waals surface area contributed by atoms with Gasteiger partial charge in [-0.3, -0.25) is 29.1 Å². The maximum Gasteiger partial charge on any atom is 0.270 e. The Hall–Kier alpha value is -3.65. The molecule has 0 bridgehead atoms. The number of hydrogen-bond donors (Lipinski definition) is 1. The number of ketones is 1. The number of carbonyl (C=O) groups is 2. The number of benzene rings is 2. The van der Waals surface area contributed by atoms with Crippen LogP contribution in [0.3, 0.4) is 0 Å². The van der Waals surface area contributed by atoms with Gasteiger partial charge in [0.1, 0.15) is 0 Å². The molecule has 4 aromatic rings. The predicted octanol–water partition coefficient (Wildman–Crippen LogP) is 4.51. The van der Waals surface area contributed by atoms with E-state index in [0.29, 0.717) is 32.9 Å². The van der Waals surface area contributed by atoms with Gasteiger partial charge in [-0.25, -0.2) is 4.98 Å². The van der Waals surface area contributed by atoms with Crippen LogP contribution in [0.4, 0.5) is 0 Å². The molecule has 7 nitrogen and oxygen atoms in total. The Morgan fingerprint density at radius 3 is 2.50 bits per heavy atom. The number of Topliss-reactive ketones (excluding diaryl/α,β-unsaturated/α-hetero) is 1. The van der Waals surface area contributed by atoms with Crippen LogP contribution in [-0.4, -0.2) is 31.7 Å². The number of rotatable bonds is 7. The molecule has 0 saturated heterocycles. The lowest BCUT2D eigenvalue weighted by atomic mass is 10.2. The van der Waals surface area contributed by atoms with Crippen LogP contribution in [0.2, 0.25) is 0 Å². The minimum absolute atomic E-state index is 0.0511. The maximum absolute atomic E-state index is 13.1. The normalized spacial score (nSPS) is 13.2. The number of amides is 1. The van der Waals surface area contributed by atoms with Gasteiger partial charge in [0.2, 0.25) is 0 Å². The molecule has 1 N–H and O–H groups in total. The molecule has 0 spiro atoms. The topological polar surface area (TPSA) is 86.0 Å². The first-order valence-corrected chi connectivity index (χ1v) is 12.1. The Balaban J connectivity index is 1.37. The quantitative estimate of drug-likeness (QED) is 0.243. The van der Waals surface area contributed by atoms with Crippen molar-refractivity contribution in [3.05, 3.63) is 93.5 Å². The third-order valence-corrected chi connectivity index (χ3v) is 6.95. The highest BCUT2D eigenvalue weighted by Gasteiger charge is 2.29. The number of aryl methyl sites for hydroxylation is 1. The fourth-order valence-corrected chi connectivity index (χ4v) is 5.01. The molecule has 1 saturated carbocycles. The number of aromatic nitrogens is 3. The number of hydrogen-bond acceptors (Lipinski definition) is 5. The van der Waals surface area contributed by atoms with Gasteiger partial charge in [-0.05, 0) is 57.0 Å². The van der Waals surface area contributed by atoms with E-state index in [1.807, 2.05) is 38.1 Å². The largest absolute Gasteiger partial charge is 0.293 e. The van der Waals surface area contributed by atoms with Crippen LogP contribution in [0.25, 0.3) is 10.9 Å². The monoisotopic (exact) mass is 472 g/mol. The van der Waals surface area contributed by atoms with Crippen molar-refractivity contribution >= 4 is 34.4 Å². The molecule has 0 unspecified atom stereocenters. The molecule has 1 aliphatic carbocycles. The molecule has 2 heterocycles. The molecule has 1 amide bonds. The highest BCUT2D eigenvalue weighted by Crippen LogP contribution is 2.37. The SMILES string of the molecule is Cc1cc(C(=O)CSc2nc3ccccc3c(=O)n2C2CC2)c(C)n1NC(=O)c1ccccc1. The summed E-state index contributed by atoms with van der Waals surface area (Å²) in [7, 11) is 0. The van der Waals surface area contributed by atoms with Crippen LogP contribution < -0.4 is 11.0 Å². The fourth-order valence-electron chi connectivity index (χ4n) is 4.06. The molecule has 172 valence electrons. The van der Waals surface area contributed by atoms with Crippen molar-refractivity contribution in [2.45, 2.75) is 37.9 Å². The van der Waals surface area contributed by atoms with E-state index in [-0.39, 0.29) is 29.0 Å². The van der Waals surface area contributed by atoms with E-state index in [9.17, 15) is 14.4 Å². The van der Waals surface area contributed by atoms with E-state index in [0.717, 1.165) is 18.5 Å². The first-order chi connectivity index (χ1) is 16.4. The van der Waals surface area contributed by atoms with Crippen molar-refractivity contribution in [2.75, 3.05) is 11.2 Å². The molecule has 5 rings (SSSR count). The Morgan fingerprint density at radius 1 is 1.06 bits per heavy atom. The van der Waals surface area contributed by atoms with E-state index in [1.165, 1.54) is 11.8 Å².